The Morgan fingerprint density at radius 1 is 1.00 bits per heavy atom. The van der Waals surface area contributed by atoms with Crippen molar-refractivity contribution in [3.63, 3.8) is 0 Å². The van der Waals surface area contributed by atoms with Crippen molar-refractivity contribution in [2.24, 2.45) is 0 Å². The highest BCUT2D eigenvalue weighted by Gasteiger charge is 2.38. The average molecular weight is 359 g/mol. The van der Waals surface area contributed by atoms with Gasteiger partial charge in [0.1, 0.15) is 5.58 Å². The number of fused-ring (bicyclic) bond motifs is 1. The minimum atomic E-state index is -4.97. The number of halogens is 3. The topological polar surface area (TPSA) is 59.3 Å². The largest absolute Gasteiger partial charge is 0.471 e. The van der Waals surface area contributed by atoms with E-state index >= 15 is 0 Å². The summed E-state index contributed by atoms with van der Waals surface area (Å²) in [5.41, 5.74) is 1.02. The zero-order valence-electron chi connectivity index (χ0n) is 13.2. The molecule has 1 amide bonds. The molecule has 0 aliphatic heterocycles. The van der Waals surface area contributed by atoms with E-state index in [9.17, 15) is 22.8 Å². The number of allylic oxidation sites excluding steroid dienone is 1. The SMILES string of the molecule is O=C(/C=C/c1cccc(NC(=O)C(F)(F)F)c1)c1cc2ccccc2o1. The zero-order chi connectivity index (χ0) is 18.7. The van der Waals surface area contributed by atoms with Crippen molar-refractivity contribution in [2.75, 3.05) is 5.32 Å². The van der Waals surface area contributed by atoms with Crippen LogP contribution in [0, 0.1) is 0 Å². The monoisotopic (exact) mass is 359 g/mol. The first kappa shape index (κ1) is 17.5. The minimum absolute atomic E-state index is 0.0225. The lowest BCUT2D eigenvalue weighted by Gasteiger charge is -2.08. The summed E-state index contributed by atoms with van der Waals surface area (Å²) < 4.78 is 42.3. The number of anilines is 1. The Kier molecular flexibility index (Phi) is 4.62. The van der Waals surface area contributed by atoms with Crippen molar-refractivity contribution in [1.29, 1.82) is 0 Å². The van der Waals surface area contributed by atoms with E-state index in [-0.39, 0.29) is 17.2 Å². The Morgan fingerprint density at radius 2 is 1.77 bits per heavy atom. The van der Waals surface area contributed by atoms with Crippen LogP contribution < -0.4 is 5.32 Å². The van der Waals surface area contributed by atoms with Crippen molar-refractivity contribution >= 4 is 34.4 Å². The number of furan rings is 1. The molecule has 0 saturated heterocycles. The van der Waals surface area contributed by atoms with Crippen LogP contribution in [0.3, 0.4) is 0 Å². The third kappa shape index (κ3) is 4.00. The molecular weight excluding hydrogens is 347 g/mol. The van der Waals surface area contributed by atoms with Gasteiger partial charge in [-0.3, -0.25) is 9.59 Å². The van der Waals surface area contributed by atoms with Gasteiger partial charge in [-0.1, -0.05) is 36.4 Å². The number of carbonyl (C=O) groups is 2. The fourth-order valence-corrected chi connectivity index (χ4v) is 2.28. The molecule has 0 atom stereocenters. The fourth-order valence-electron chi connectivity index (χ4n) is 2.28. The Labute approximate surface area is 145 Å². The van der Waals surface area contributed by atoms with Gasteiger partial charge in [-0.15, -0.1) is 0 Å². The molecule has 0 aliphatic carbocycles. The van der Waals surface area contributed by atoms with Gasteiger partial charge < -0.3 is 9.73 Å². The number of amides is 1. The van der Waals surface area contributed by atoms with Crippen LogP contribution in [0.4, 0.5) is 18.9 Å². The van der Waals surface area contributed by atoms with Crippen LogP contribution in [0.5, 0.6) is 0 Å². The van der Waals surface area contributed by atoms with Gasteiger partial charge in [0.25, 0.3) is 0 Å². The summed E-state index contributed by atoms with van der Waals surface area (Å²) in [6.07, 6.45) is -2.29. The van der Waals surface area contributed by atoms with Crippen LogP contribution in [0.1, 0.15) is 16.1 Å². The van der Waals surface area contributed by atoms with Gasteiger partial charge in [0, 0.05) is 11.1 Å². The molecule has 132 valence electrons. The Hall–Kier alpha value is -3.35. The van der Waals surface area contributed by atoms with Crippen LogP contribution in [0.2, 0.25) is 0 Å². The molecule has 0 saturated carbocycles. The van der Waals surface area contributed by atoms with E-state index in [1.807, 2.05) is 12.1 Å². The first-order valence-electron chi connectivity index (χ1n) is 7.52. The zero-order valence-corrected chi connectivity index (χ0v) is 13.2. The summed E-state index contributed by atoms with van der Waals surface area (Å²) in [5, 5.41) is 2.55. The summed E-state index contributed by atoms with van der Waals surface area (Å²) in [6, 6.07) is 14.5. The number of nitrogens with one attached hydrogen (secondary N) is 1. The van der Waals surface area contributed by atoms with Crippen LogP contribution in [0.25, 0.3) is 17.0 Å². The summed E-state index contributed by atoms with van der Waals surface area (Å²) in [5.74, 6) is -2.29. The average Bonchev–Trinajstić information content (AvgIpc) is 3.03. The van der Waals surface area contributed by atoms with E-state index in [0.29, 0.717) is 11.1 Å². The number of hydrogen-bond donors (Lipinski definition) is 1. The summed E-state index contributed by atoms with van der Waals surface area (Å²) in [7, 11) is 0. The Balaban J connectivity index is 1.74. The normalized spacial score (nSPS) is 11.8. The van der Waals surface area contributed by atoms with Crippen molar-refractivity contribution in [1.82, 2.24) is 0 Å². The second-order valence-electron chi connectivity index (χ2n) is 5.42. The van der Waals surface area contributed by atoms with Crippen LogP contribution in [0.15, 0.2) is 65.1 Å². The number of alkyl halides is 3. The van der Waals surface area contributed by atoms with E-state index < -0.39 is 12.1 Å². The van der Waals surface area contributed by atoms with E-state index in [1.165, 1.54) is 30.4 Å². The molecule has 0 fully saturated rings. The van der Waals surface area contributed by atoms with Gasteiger partial charge in [0.2, 0.25) is 5.78 Å². The van der Waals surface area contributed by atoms with Gasteiger partial charge in [0.15, 0.2) is 5.76 Å². The molecule has 0 radical (unpaired) electrons. The second kappa shape index (κ2) is 6.87. The highest BCUT2D eigenvalue weighted by molar-refractivity contribution is 6.07. The molecule has 1 N–H and O–H groups in total. The van der Waals surface area contributed by atoms with Gasteiger partial charge in [-0.25, -0.2) is 0 Å². The standard InChI is InChI=1S/C19H12F3NO3/c20-19(21,22)18(25)23-14-6-3-4-12(10-14)8-9-15(24)17-11-13-5-1-2-7-16(13)26-17/h1-11H,(H,23,25)/b9-8+. The molecule has 2 aromatic carbocycles. The van der Waals surface area contributed by atoms with Gasteiger partial charge in [-0.2, -0.15) is 13.2 Å². The maximum absolute atomic E-state index is 12.3. The molecular formula is C19H12F3NO3. The first-order valence-corrected chi connectivity index (χ1v) is 7.52. The molecule has 7 heteroatoms. The van der Waals surface area contributed by atoms with Crippen LogP contribution >= 0.6 is 0 Å². The summed E-state index contributed by atoms with van der Waals surface area (Å²) >= 11 is 0. The number of carbonyl (C=O) groups excluding carboxylic acids is 2. The molecule has 3 rings (SSSR count). The highest BCUT2D eigenvalue weighted by atomic mass is 19.4. The number of rotatable bonds is 4. The van der Waals surface area contributed by atoms with Gasteiger partial charge >= 0.3 is 12.1 Å². The number of para-hydroxylation sites is 1. The van der Waals surface area contributed by atoms with Gasteiger partial charge in [-0.05, 0) is 35.9 Å². The Morgan fingerprint density at radius 3 is 2.50 bits per heavy atom. The number of hydrogen-bond acceptors (Lipinski definition) is 3. The molecule has 1 heterocycles. The van der Waals surface area contributed by atoms with Crippen LogP contribution in [-0.4, -0.2) is 17.9 Å². The quantitative estimate of drug-likeness (QED) is 0.536. The molecule has 0 unspecified atom stereocenters. The van der Waals surface area contributed by atoms with E-state index in [4.69, 9.17) is 4.42 Å². The lowest BCUT2D eigenvalue weighted by Crippen LogP contribution is -2.29. The third-order valence-electron chi connectivity index (χ3n) is 3.50. The minimum Gasteiger partial charge on any atom is -0.453 e. The second-order valence-corrected chi connectivity index (χ2v) is 5.42. The summed E-state index contributed by atoms with van der Waals surface area (Å²) in [4.78, 5) is 23.1. The lowest BCUT2D eigenvalue weighted by molar-refractivity contribution is -0.167. The van der Waals surface area contributed by atoms with E-state index in [2.05, 4.69) is 0 Å². The van der Waals surface area contributed by atoms with E-state index in [0.717, 1.165) is 5.39 Å². The highest BCUT2D eigenvalue weighted by Crippen LogP contribution is 2.21. The van der Waals surface area contributed by atoms with Gasteiger partial charge in [0.05, 0.1) is 0 Å². The first-order chi connectivity index (χ1) is 12.3. The maximum atomic E-state index is 12.3. The molecule has 0 bridgehead atoms. The lowest BCUT2D eigenvalue weighted by atomic mass is 10.1. The Bertz CT molecular complexity index is 969. The number of ketones is 1. The van der Waals surface area contributed by atoms with Crippen molar-refractivity contribution < 1.29 is 27.2 Å². The van der Waals surface area contributed by atoms with E-state index in [1.54, 1.807) is 29.6 Å². The molecule has 0 spiro atoms. The third-order valence-corrected chi connectivity index (χ3v) is 3.50. The smallest absolute Gasteiger partial charge is 0.453 e. The van der Waals surface area contributed by atoms with Crippen LogP contribution in [-0.2, 0) is 4.79 Å². The van der Waals surface area contributed by atoms with Crippen molar-refractivity contribution in [3.8, 4) is 0 Å². The molecule has 1 aromatic heterocycles. The predicted molar refractivity (Wildman–Crippen MR) is 90.7 cm³/mol. The molecule has 4 nitrogen and oxygen atoms in total. The summed E-state index contributed by atoms with van der Waals surface area (Å²) in [6.45, 7) is 0. The molecule has 3 aromatic rings. The number of benzene rings is 2. The van der Waals surface area contributed by atoms with Crippen molar-refractivity contribution in [3.05, 3.63) is 72.0 Å². The molecule has 0 aliphatic rings. The predicted octanol–water partition coefficient (Wildman–Crippen LogP) is 4.83. The van der Waals surface area contributed by atoms with Crippen molar-refractivity contribution in [2.45, 2.75) is 6.18 Å². The maximum Gasteiger partial charge on any atom is 0.471 e. The fraction of sp³-hybridized carbons (Fsp3) is 0.0526. The molecule has 26 heavy (non-hydrogen) atoms.